The Balaban J connectivity index is 1.81. The highest BCUT2D eigenvalue weighted by Gasteiger charge is 2.71. The molecule has 5 atom stereocenters. The Labute approximate surface area is 119 Å². The van der Waals surface area contributed by atoms with Gasteiger partial charge in [-0.3, -0.25) is 4.79 Å². The zero-order valence-electron chi connectivity index (χ0n) is 11.6. The van der Waals surface area contributed by atoms with Gasteiger partial charge in [0.05, 0.1) is 5.92 Å². The van der Waals surface area contributed by atoms with E-state index >= 15 is 0 Å². The SMILES string of the molecule is C=C(C(=O)OC1C2OC(=O)C3CC1C(C)(C)C32)C(F)(F)F. The molecule has 2 aliphatic carbocycles. The smallest absolute Gasteiger partial charge is 0.422 e. The molecule has 0 radical (unpaired) electrons. The quantitative estimate of drug-likeness (QED) is 0.580. The number of carbonyl (C=O) groups excluding carboxylic acids is 2. The fourth-order valence-corrected chi connectivity index (χ4v) is 4.20. The van der Waals surface area contributed by atoms with Gasteiger partial charge in [-0.25, -0.2) is 4.79 Å². The van der Waals surface area contributed by atoms with Gasteiger partial charge in [0.25, 0.3) is 0 Å². The Morgan fingerprint density at radius 1 is 1.43 bits per heavy atom. The maximum atomic E-state index is 12.5. The predicted octanol–water partition coefficient (Wildman–Crippen LogP) is 2.23. The second-order valence-electron chi connectivity index (χ2n) is 6.54. The average Bonchev–Trinajstić information content (AvgIpc) is 2.84. The molecular formula is C14H15F3O4. The lowest BCUT2D eigenvalue weighted by Crippen LogP contribution is -2.37. The number of hydrogen-bond donors (Lipinski definition) is 0. The van der Waals surface area contributed by atoms with E-state index in [1.165, 1.54) is 0 Å². The molecular weight excluding hydrogens is 289 g/mol. The van der Waals surface area contributed by atoms with Crippen LogP contribution in [0.4, 0.5) is 13.2 Å². The molecule has 0 aromatic heterocycles. The molecule has 0 spiro atoms. The standard InChI is InChI=1S/C14H15F3O4/c1-5(14(15,16)17)11(18)20-9-7-4-6-8(13(7,2)3)10(9)21-12(6)19/h6-10H,1,4H2,2-3H3. The van der Waals surface area contributed by atoms with Gasteiger partial charge in [0.1, 0.15) is 17.8 Å². The lowest BCUT2D eigenvalue weighted by Gasteiger charge is -2.26. The fraction of sp³-hybridized carbons (Fsp3) is 0.714. The first-order valence-electron chi connectivity index (χ1n) is 6.72. The first-order valence-corrected chi connectivity index (χ1v) is 6.72. The van der Waals surface area contributed by atoms with Gasteiger partial charge in [0.15, 0.2) is 0 Å². The first-order chi connectivity index (χ1) is 9.55. The van der Waals surface area contributed by atoms with Crippen molar-refractivity contribution in [2.45, 2.75) is 38.7 Å². The minimum absolute atomic E-state index is 0.105. The fourth-order valence-electron chi connectivity index (χ4n) is 4.20. The molecule has 0 amide bonds. The molecule has 2 saturated carbocycles. The van der Waals surface area contributed by atoms with Crippen molar-refractivity contribution in [3.8, 4) is 0 Å². The van der Waals surface area contributed by atoms with E-state index in [1.807, 2.05) is 13.8 Å². The summed E-state index contributed by atoms with van der Waals surface area (Å²) >= 11 is 0. The molecule has 7 heteroatoms. The normalized spacial score (nSPS) is 39.3. The van der Waals surface area contributed by atoms with Crippen molar-refractivity contribution >= 4 is 11.9 Å². The third-order valence-corrected chi connectivity index (χ3v) is 5.22. The second-order valence-corrected chi connectivity index (χ2v) is 6.54. The lowest BCUT2D eigenvalue weighted by atomic mass is 9.80. The third kappa shape index (κ3) is 1.82. The summed E-state index contributed by atoms with van der Waals surface area (Å²) < 4.78 is 47.7. The van der Waals surface area contributed by atoms with Gasteiger partial charge in [-0.15, -0.1) is 0 Å². The van der Waals surface area contributed by atoms with Crippen LogP contribution in [-0.2, 0) is 19.1 Å². The van der Waals surface area contributed by atoms with Crippen LogP contribution in [-0.4, -0.2) is 30.3 Å². The minimum Gasteiger partial charge on any atom is -0.458 e. The second kappa shape index (κ2) is 4.01. The molecule has 116 valence electrons. The van der Waals surface area contributed by atoms with Gasteiger partial charge in [0, 0.05) is 11.8 Å². The molecule has 21 heavy (non-hydrogen) atoms. The predicted molar refractivity (Wildman–Crippen MR) is 63.8 cm³/mol. The van der Waals surface area contributed by atoms with Crippen molar-refractivity contribution in [2.24, 2.45) is 23.2 Å². The van der Waals surface area contributed by atoms with Gasteiger partial charge in [-0.2, -0.15) is 13.2 Å². The van der Waals surface area contributed by atoms with E-state index in [9.17, 15) is 22.8 Å². The van der Waals surface area contributed by atoms with Crippen LogP contribution in [0.25, 0.3) is 0 Å². The molecule has 1 saturated heterocycles. The van der Waals surface area contributed by atoms with Crippen molar-refractivity contribution in [2.75, 3.05) is 0 Å². The highest BCUT2D eigenvalue weighted by molar-refractivity contribution is 5.89. The summed E-state index contributed by atoms with van der Waals surface area (Å²) in [7, 11) is 0. The van der Waals surface area contributed by atoms with Gasteiger partial charge in [0.2, 0.25) is 0 Å². The Morgan fingerprint density at radius 2 is 2.05 bits per heavy atom. The molecule has 0 aromatic rings. The summed E-state index contributed by atoms with van der Waals surface area (Å²) in [6.45, 7) is 6.60. The van der Waals surface area contributed by atoms with Gasteiger partial charge in [-0.1, -0.05) is 20.4 Å². The van der Waals surface area contributed by atoms with E-state index in [0.29, 0.717) is 6.42 Å². The molecule has 3 fully saturated rings. The number of fused-ring (bicyclic) bond motifs is 1. The van der Waals surface area contributed by atoms with Crippen LogP contribution in [0.3, 0.4) is 0 Å². The summed E-state index contributed by atoms with van der Waals surface area (Å²) in [5.41, 5.74) is -1.84. The van der Waals surface area contributed by atoms with Crippen LogP contribution >= 0.6 is 0 Å². The van der Waals surface area contributed by atoms with Crippen molar-refractivity contribution in [1.82, 2.24) is 0 Å². The topological polar surface area (TPSA) is 52.6 Å². The summed E-state index contributed by atoms with van der Waals surface area (Å²) in [6, 6.07) is 0. The first kappa shape index (κ1) is 14.4. The van der Waals surface area contributed by atoms with E-state index in [-0.39, 0.29) is 29.1 Å². The van der Waals surface area contributed by atoms with Crippen LogP contribution in [0, 0.1) is 23.2 Å². The molecule has 3 rings (SSSR count). The van der Waals surface area contributed by atoms with E-state index in [4.69, 9.17) is 9.47 Å². The molecule has 0 aromatic carbocycles. The number of rotatable bonds is 2. The van der Waals surface area contributed by atoms with E-state index in [2.05, 4.69) is 6.58 Å². The highest BCUT2D eigenvalue weighted by atomic mass is 19.4. The van der Waals surface area contributed by atoms with Crippen molar-refractivity contribution < 1.29 is 32.2 Å². The Hall–Kier alpha value is -1.53. The number of esters is 2. The van der Waals surface area contributed by atoms with Crippen LogP contribution < -0.4 is 0 Å². The van der Waals surface area contributed by atoms with Crippen molar-refractivity contribution in [3.05, 3.63) is 12.2 Å². The Bertz CT molecular complexity index is 537. The molecule has 1 aliphatic heterocycles. The number of hydrogen-bond acceptors (Lipinski definition) is 4. The van der Waals surface area contributed by atoms with Crippen molar-refractivity contribution in [3.63, 3.8) is 0 Å². The minimum atomic E-state index is -4.82. The van der Waals surface area contributed by atoms with E-state index in [1.54, 1.807) is 0 Å². The Morgan fingerprint density at radius 3 is 2.62 bits per heavy atom. The average molecular weight is 304 g/mol. The van der Waals surface area contributed by atoms with Gasteiger partial charge in [-0.05, 0) is 11.8 Å². The van der Waals surface area contributed by atoms with Crippen LogP contribution in [0.5, 0.6) is 0 Å². The number of alkyl halides is 3. The number of carbonyl (C=O) groups is 2. The maximum Gasteiger partial charge on any atom is 0.422 e. The molecule has 1 heterocycles. The van der Waals surface area contributed by atoms with Crippen LogP contribution in [0.1, 0.15) is 20.3 Å². The summed E-state index contributed by atoms with van der Waals surface area (Å²) in [5, 5.41) is 0. The van der Waals surface area contributed by atoms with Crippen LogP contribution in [0.15, 0.2) is 12.2 Å². The van der Waals surface area contributed by atoms with E-state index in [0.717, 1.165) is 0 Å². The largest absolute Gasteiger partial charge is 0.458 e. The molecule has 2 bridgehead atoms. The summed E-state index contributed by atoms with van der Waals surface area (Å²) in [5.74, 6) is -2.33. The van der Waals surface area contributed by atoms with E-state index < -0.39 is 29.9 Å². The molecule has 3 aliphatic rings. The third-order valence-electron chi connectivity index (χ3n) is 5.22. The number of halogens is 3. The maximum absolute atomic E-state index is 12.5. The zero-order chi connectivity index (χ0) is 15.7. The molecule has 0 N–H and O–H groups in total. The number of ether oxygens (including phenoxy) is 2. The monoisotopic (exact) mass is 304 g/mol. The summed E-state index contributed by atoms with van der Waals surface area (Å²) in [6.07, 6.45) is -5.79. The molecule has 5 unspecified atom stereocenters. The van der Waals surface area contributed by atoms with Gasteiger partial charge < -0.3 is 9.47 Å². The summed E-state index contributed by atoms with van der Waals surface area (Å²) in [4.78, 5) is 23.4. The lowest BCUT2D eigenvalue weighted by molar-refractivity contribution is -0.166. The molecule has 4 nitrogen and oxygen atoms in total. The zero-order valence-corrected chi connectivity index (χ0v) is 11.6. The highest BCUT2D eigenvalue weighted by Crippen LogP contribution is 2.65. The van der Waals surface area contributed by atoms with Gasteiger partial charge >= 0.3 is 18.1 Å². The Kier molecular flexibility index (Phi) is 2.75. The van der Waals surface area contributed by atoms with Crippen molar-refractivity contribution in [1.29, 1.82) is 0 Å². The van der Waals surface area contributed by atoms with Crippen LogP contribution in [0.2, 0.25) is 0 Å².